The number of benzene rings is 1. The fourth-order valence-corrected chi connectivity index (χ4v) is 6.98. The van der Waals surface area contributed by atoms with Crippen LogP contribution in [0.5, 0.6) is 0 Å². The fourth-order valence-electron chi connectivity index (χ4n) is 4.65. The van der Waals surface area contributed by atoms with E-state index in [1.165, 1.54) is 46.6 Å². The first-order valence-electron chi connectivity index (χ1n) is 11.2. The lowest BCUT2D eigenvalue weighted by atomic mass is 10.1. The van der Waals surface area contributed by atoms with Crippen molar-refractivity contribution in [3.63, 3.8) is 0 Å². The Morgan fingerprint density at radius 3 is 2.87 bits per heavy atom. The Kier molecular flexibility index (Phi) is 6.48. The first-order chi connectivity index (χ1) is 15.3. The van der Waals surface area contributed by atoms with Crippen LogP contribution in [0.1, 0.15) is 53.1 Å². The molecule has 2 aromatic heterocycles. The quantitative estimate of drug-likeness (QED) is 0.415. The molecule has 162 valence electrons. The molecule has 0 atom stereocenters. The molecule has 5 rings (SSSR count). The molecule has 0 saturated heterocycles. The first-order valence-corrected chi connectivity index (χ1v) is 13.0. The summed E-state index contributed by atoms with van der Waals surface area (Å²) in [6.45, 7) is 2.55. The molecule has 2 aliphatic rings. The van der Waals surface area contributed by atoms with Crippen LogP contribution in [0.25, 0.3) is 10.4 Å². The average Bonchev–Trinajstić information content (AvgIpc) is 3.56. The Bertz CT molecular complexity index is 1020. The second-order valence-corrected chi connectivity index (χ2v) is 10.4. The first kappa shape index (κ1) is 20.9. The van der Waals surface area contributed by atoms with E-state index in [0.29, 0.717) is 12.6 Å². The van der Waals surface area contributed by atoms with Crippen LogP contribution in [0.15, 0.2) is 58.0 Å². The van der Waals surface area contributed by atoms with Gasteiger partial charge in [0.1, 0.15) is 5.76 Å². The van der Waals surface area contributed by atoms with Gasteiger partial charge in [0.05, 0.1) is 17.7 Å². The van der Waals surface area contributed by atoms with Crippen molar-refractivity contribution in [2.45, 2.75) is 55.3 Å². The second-order valence-electron chi connectivity index (χ2n) is 8.35. The summed E-state index contributed by atoms with van der Waals surface area (Å²) < 4.78 is 5.58. The maximum Gasteiger partial charge on any atom is 0.261 e. The van der Waals surface area contributed by atoms with E-state index in [4.69, 9.17) is 4.42 Å². The van der Waals surface area contributed by atoms with Crippen LogP contribution in [0.4, 0.5) is 0 Å². The highest BCUT2D eigenvalue weighted by Gasteiger charge is 2.24. The number of hydrogen-bond acceptors (Lipinski definition) is 5. The van der Waals surface area contributed by atoms with Crippen molar-refractivity contribution in [2.75, 3.05) is 13.1 Å². The topological polar surface area (TPSA) is 45.5 Å². The zero-order valence-corrected chi connectivity index (χ0v) is 19.3. The van der Waals surface area contributed by atoms with Crippen molar-refractivity contribution in [3.8, 4) is 10.4 Å². The van der Waals surface area contributed by atoms with Crippen molar-refractivity contribution in [1.29, 1.82) is 0 Å². The van der Waals surface area contributed by atoms with Crippen LogP contribution >= 0.6 is 23.1 Å². The Morgan fingerprint density at radius 2 is 2.03 bits per heavy atom. The van der Waals surface area contributed by atoms with Gasteiger partial charge in [-0.15, -0.1) is 23.1 Å². The molecule has 1 N–H and O–H groups in total. The minimum Gasteiger partial charge on any atom is -0.468 e. The smallest absolute Gasteiger partial charge is 0.261 e. The molecular formula is C25H28N2O2S2. The average molecular weight is 453 g/mol. The van der Waals surface area contributed by atoms with E-state index >= 15 is 0 Å². The van der Waals surface area contributed by atoms with Gasteiger partial charge in [-0.1, -0.05) is 31.0 Å². The number of rotatable bonds is 8. The van der Waals surface area contributed by atoms with E-state index in [9.17, 15) is 4.79 Å². The monoisotopic (exact) mass is 452 g/mol. The highest BCUT2D eigenvalue weighted by atomic mass is 32.2. The standard InChI is InChI=1S/C25H28N2O2S2/c28-25(23-15-18-17-30-22-11-4-3-10-21(22)24(18)31-23)26-12-6-13-27(19-7-1-2-8-19)16-20-9-5-14-29-20/h3-5,9-11,14-15,19H,1-2,6-8,12-13,16-17H2,(H,26,28). The zero-order valence-electron chi connectivity index (χ0n) is 17.6. The SMILES string of the molecule is O=C(NCCCN(Cc1ccco1)C1CCCC1)c1cc2c(s1)-c1ccccc1SC2. The molecule has 1 saturated carbocycles. The third-order valence-corrected chi connectivity index (χ3v) is 8.57. The molecule has 6 heteroatoms. The van der Waals surface area contributed by atoms with Crippen LogP contribution < -0.4 is 5.32 Å². The largest absolute Gasteiger partial charge is 0.468 e. The molecule has 0 radical (unpaired) electrons. The van der Waals surface area contributed by atoms with Crippen molar-refractivity contribution >= 4 is 29.0 Å². The van der Waals surface area contributed by atoms with E-state index in [2.05, 4.69) is 46.6 Å². The molecule has 0 spiro atoms. The van der Waals surface area contributed by atoms with E-state index in [1.807, 2.05) is 17.8 Å². The number of hydrogen-bond donors (Lipinski definition) is 1. The maximum absolute atomic E-state index is 12.8. The highest BCUT2D eigenvalue weighted by molar-refractivity contribution is 7.98. The summed E-state index contributed by atoms with van der Waals surface area (Å²) in [6.07, 6.45) is 7.88. The molecule has 1 aromatic carbocycles. The number of carbonyl (C=O) groups excluding carboxylic acids is 1. The molecular weight excluding hydrogens is 424 g/mol. The third-order valence-electron chi connectivity index (χ3n) is 6.24. The summed E-state index contributed by atoms with van der Waals surface area (Å²) in [5.41, 5.74) is 2.55. The lowest BCUT2D eigenvalue weighted by Crippen LogP contribution is -2.35. The van der Waals surface area contributed by atoms with Crippen molar-refractivity contribution < 1.29 is 9.21 Å². The summed E-state index contributed by atoms with van der Waals surface area (Å²) in [6, 6.07) is 15.2. The van der Waals surface area contributed by atoms with Gasteiger partial charge in [0.15, 0.2) is 0 Å². The van der Waals surface area contributed by atoms with Crippen molar-refractivity contribution in [2.24, 2.45) is 0 Å². The van der Waals surface area contributed by atoms with Gasteiger partial charge < -0.3 is 9.73 Å². The van der Waals surface area contributed by atoms with Crippen LogP contribution in [0.3, 0.4) is 0 Å². The third kappa shape index (κ3) is 4.76. The van der Waals surface area contributed by atoms with Crippen LogP contribution in [0, 0.1) is 0 Å². The molecule has 0 bridgehead atoms. The van der Waals surface area contributed by atoms with Crippen LogP contribution in [0.2, 0.25) is 0 Å². The minimum atomic E-state index is 0.0559. The van der Waals surface area contributed by atoms with Gasteiger partial charge in [-0.05, 0) is 49.1 Å². The van der Waals surface area contributed by atoms with Crippen LogP contribution in [-0.2, 0) is 12.3 Å². The van der Waals surface area contributed by atoms with Gasteiger partial charge in [0.25, 0.3) is 5.91 Å². The molecule has 1 aliphatic carbocycles. The number of thioether (sulfide) groups is 1. The summed E-state index contributed by atoms with van der Waals surface area (Å²) in [7, 11) is 0. The lowest BCUT2D eigenvalue weighted by Gasteiger charge is -2.28. The van der Waals surface area contributed by atoms with Gasteiger partial charge in [-0.3, -0.25) is 9.69 Å². The number of fused-ring (bicyclic) bond motifs is 3. The summed E-state index contributed by atoms with van der Waals surface area (Å²) in [5.74, 6) is 2.03. The molecule has 3 aromatic rings. The highest BCUT2D eigenvalue weighted by Crippen LogP contribution is 2.45. The number of nitrogens with zero attached hydrogens (tertiary/aromatic N) is 1. The van der Waals surface area contributed by atoms with Gasteiger partial charge in [-0.25, -0.2) is 0 Å². The fraction of sp³-hybridized carbons (Fsp3) is 0.400. The molecule has 1 fully saturated rings. The Hall–Kier alpha value is -2.02. The minimum absolute atomic E-state index is 0.0559. The number of nitrogens with one attached hydrogen (secondary N) is 1. The summed E-state index contributed by atoms with van der Waals surface area (Å²) in [5, 5.41) is 3.15. The van der Waals surface area contributed by atoms with E-state index in [-0.39, 0.29) is 5.91 Å². The predicted octanol–water partition coefficient (Wildman–Crippen LogP) is 6.18. The molecule has 1 aliphatic heterocycles. The van der Waals surface area contributed by atoms with Gasteiger partial charge in [-0.2, -0.15) is 0 Å². The summed E-state index contributed by atoms with van der Waals surface area (Å²) in [4.78, 5) is 18.7. The molecule has 31 heavy (non-hydrogen) atoms. The zero-order chi connectivity index (χ0) is 21.0. The van der Waals surface area contributed by atoms with E-state index in [0.717, 1.165) is 35.9 Å². The molecule has 3 heterocycles. The van der Waals surface area contributed by atoms with Gasteiger partial charge in [0.2, 0.25) is 0 Å². The van der Waals surface area contributed by atoms with E-state index in [1.54, 1.807) is 17.6 Å². The Morgan fingerprint density at radius 1 is 1.16 bits per heavy atom. The molecule has 0 unspecified atom stereocenters. The van der Waals surface area contributed by atoms with Crippen LogP contribution in [-0.4, -0.2) is 29.9 Å². The van der Waals surface area contributed by atoms with Crippen molar-refractivity contribution in [1.82, 2.24) is 10.2 Å². The maximum atomic E-state index is 12.8. The predicted molar refractivity (Wildman–Crippen MR) is 128 cm³/mol. The van der Waals surface area contributed by atoms with E-state index < -0.39 is 0 Å². The number of thiophene rings is 1. The van der Waals surface area contributed by atoms with Crippen molar-refractivity contribution in [3.05, 3.63) is 64.9 Å². The Labute approximate surface area is 192 Å². The number of furan rings is 1. The molecule has 1 amide bonds. The second kappa shape index (κ2) is 9.63. The lowest BCUT2D eigenvalue weighted by molar-refractivity contribution is 0.0953. The number of carbonyl (C=O) groups is 1. The molecule has 4 nitrogen and oxygen atoms in total. The van der Waals surface area contributed by atoms with Gasteiger partial charge in [0, 0.05) is 40.2 Å². The Balaban J connectivity index is 1.16. The summed E-state index contributed by atoms with van der Waals surface area (Å²) >= 11 is 3.48. The normalized spacial score (nSPS) is 15.8. The number of amides is 1. The van der Waals surface area contributed by atoms with Gasteiger partial charge >= 0.3 is 0 Å².